The van der Waals surface area contributed by atoms with Gasteiger partial charge in [-0.3, -0.25) is 4.90 Å². The molecule has 0 aliphatic carbocycles. The number of nitrogens with one attached hydrogen (secondary N) is 2. The van der Waals surface area contributed by atoms with Gasteiger partial charge < -0.3 is 21.1 Å². The number of ether oxygens (including phenoxy) is 1. The number of benzene rings is 2. The quantitative estimate of drug-likeness (QED) is 0.436. The highest BCUT2D eigenvalue weighted by Gasteiger charge is 2.22. The minimum atomic E-state index is -0.711. The van der Waals surface area contributed by atoms with Gasteiger partial charge in [-0.15, -0.1) is 0 Å². The van der Waals surface area contributed by atoms with E-state index < -0.39 is 17.7 Å². The summed E-state index contributed by atoms with van der Waals surface area (Å²) in [6.45, 7) is 4.49. The Morgan fingerprint density at radius 2 is 1.88 bits per heavy atom. The zero-order valence-corrected chi connectivity index (χ0v) is 19.1. The van der Waals surface area contributed by atoms with Gasteiger partial charge in [0.25, 0.3) is 0 Å². The molecule has 11 heteroatoms. The number of amides is 2. The SMILES string of the molecule is Nc1c(NC(=O)NCCCN2CCOCC2)c(-c2ccc(Cl)cc2)nn1-c1cc(F)ccc1F. The third-order valence-electron chi connectivity index (χ3n) is 5.45. The molecule has 8 nitrogen and oxygen atoms in total. The molecule has 0 atom stereocenters. The van der Waals surface area contributed by atoms with Gasteiger partial charge in [0, 0.05) is 36.3 Å². The van der Waals surface area contributed by atoms with Gasteiger partial charge in [0.05, 0.1) is 13.2 Å². The van der Waals surface area contributed by atoms with Crippen LogP contribution in [0.1, 0.15) is 6.42 Å². The number of nitrogens with zero attached hydrogens (tertiary/aromatic N) is 3. The van der Waals surface area contributed by atoms with Crippen LogP contribution < -0.4 is 16.4 Å². The maximum atomic E-state index is 14.4. The molecule has 1 saturated heterocycles. The fourth-order valence-corrected chi connectivity index (χ4v) is 3.81. The number of hydrogen-bond acceptors (Lipinski definition) is 5. The Kier molecular flexibility index (Phi) is 7.61. The number of nitrogens with two attached hydrogens (primary N) is 1. The van der Waals surface area contributed by atoms with Crippen LogP contribution >= 0.6 is 11.6 Å². The second-order valence-electron chi connectivity index (χ2n) is 7.81. The number of carbonyl (C=O) groups excluding carboxylic acids is 1. The summed E-state index contributed by atoms with van der Waals surface area (Å²) in [5.41, 5.74) is 7.14. The van der Waals surface area contributed by atoms with Gasteiger partial charge >= 0.3 is 6.03 Å². The van der Waals surface area contributed by atoms with E-state index in [2.05, 4.69) is 20.6 Å². The molecule has 0 unspecified atom stereocenters. The van der Waals surface area contributed by atoms with E-state index in [4.69, 9.17) is 22.1 Å². The number of halogens is 3. The molecule has 0 saturated carbocycles. The molecule has 1 aromatic heterocycles. The zero-order valence-electron chi connectivity index (χ0n) is 18.4. The van der Waals surface area contributed by atoms with E-state index in [0.29, 0.717) is 22.8 Å². The Balaban J connectivity index is 1.53. The molecular formula is C23H25ClF2N6O2. The van der Waals surface area contributed by atoms with Gasteiger partial charge in [0.15, 0.2) is 5.82 Å². The van der Waals surface area contributed by atoms with Crippen molar-refractivity contribution < 1.29 is 18.3 Å². The monoisotopic (exact) mass is 490 g/mol. The summed E-state index contributed by atoms with van der Waals surface area (Å²) >= 11 is 5.99. The maximum absolute atomic E-state index is 14.4. The number of aromatic nitrogens is 2. The number of urea groups is 1. The van der Waals surface area contributed by atoms with Gasteiger partial charge in [-0.2, -0.15) is 5.10 Å². The smallest absolute Gasteiger partial charge is 0.319 e. The summed E-state index contributed by atoms with van der Waals surface area (Å²) in [6, 6.07) is 9.20. The van der Waals surface area contributed by atoms with Crippen molar-refractivity contribution in [3.8, 4) is 16.9 Å². The van der Waals surface area contributed by atoms with E-state index in [9.17, 15) is 13.6 Å². The summed E-state index contributed by atoms with van der Waals surface area (Å²) in [6.07, 6.45) is 0.765. The fourth-order valence-electron chi connectivity index (χ4n) is 3.68. The van der Waals surface area contributed by atoms with Crippen molar-refractivity contribution in [2.24, 2.45) is 0 Å². The van der Waals surface area contributed by atoms with Crippen LogP contribution in [-0.4, -0.2) is 60.1 Å². The molecule has 180 valence electrons. The van der Waals surface area contributed by atoms with E-state index in [1.807, 2.05) is 0 Å². The first-order valence-electron chi connectivity index (χ1n) is 10.9. The fraction of sp³-hybridized carbons (Fsp3) is 0.304. The van der Waals surface area contributed by atoms with E-state index in [-0.39, 0.29) is 17.2 Å². The van der Waals surface area contributed by atoms with Crippen LogP contribution in [0.15, 0.2) is 42.5 Å². The van der Waals surface area contributed by atoms with Crippen molar-refractivity contribution in [3.05, 3.63) is 59.1 Å². The largest absolute Gasteiger partial charge is 0.382 e. The molecule has 2 amide bonds. The lowest BCUT2D eigenvalue weighted by molar-refractivity contribution is 0.0375. The van der Waals surface area contributed by atoms with Crippen LogP contribution in [0.25, 0.3) is 16.9 Å². The van der Waals surface area contributed by atoms with Gasteiger partial charge in [0.2, 0.25) is 0 Å². The number of hydrogen-bond donors (Lipinski definition) is 3. The third-order valence-corrected chi connectivity index (χ3v) is 5.71. The Morgan fingerprint density at radius 1 is 1.15 bits per heavy atom. The second kappa shape index (κ2) is 10.8. The zero-order chi connectivity index (χ0) is 24.1. The van der Waals surface area contributed by atoms with Crippen LogP contribution in [0.4, 0.5) is 25.1 Å². The third kappa shape index (κ3) is 5.64. The molecule has 1 aliphatic heterocycles. The van der Waals surface area contributed by atoms with E-state index >= 15 is 0 Å². The van der Waals surface area contributed by atoms with Crippen LogP contribution in [0.2, 0.25) is 5.02 Å². The lowest BCUT2D eigenvalue weighted by Gasteiger charge is -2.26. The molecule has 2 heterocycles. The average molecular weight is 491 g/mol. The molecule has 1 fully saturated rings. The first-order valence-corrected chi connectivity index (χ1v) is 11.2. The number of rotatable bonds is 7. The summed E-state index contributed by atoms with van der Waals surface area (Å²) in [4.78, 5) is 14.9. The van der Waals surface area contributed by atoms with Crippen molar-refractivity contribution in [3.63, 3.8) is 0 Å². The van der Waals surface area contributed by atoms with E-state index in [1.165, 1.54) is 0 Å². The Bertz CT molecular complexity index is 1150. The molecule has 0 spiro atoms. The predicted molar refractivity (Wildman–Crippen MR) is 127 cm³/mol. The maximum Gasteiger partial charge on any atom is 0.319 e. The molecule has 3 aromatic rings. The number of anilines is 2. The summed E-state index contributed by atoms with van der Waals surface area (Å²) in [5, 5.41) is 10.4. The molecule has 4 N–H and O–H groups in total. The standard InChI is InChI=1S/C23H25ClF2N6O2/c24-16-4-2-15(3-5-16)20-21(22(27)32(30-20)19-14-17(25)6-7-18(19)26)29-23(33)28-8-1-9-31-10-12-34-13-11-31/h2-7,14H,1,8-13,27H2,(H2,28,29,33). The highest BCUT2D eigenvalue weighted by molar-refractivity contribution is 6.30. The summed E-state index contributed by atoms with van der Waals surface area (Å²) in [7, 11) is 0. The van der Waals surface area contributed by atoms with Crippen molar-refractivity contribution in [2.75, 3.05) is 50.4 Å². The van der Waals surface area contributed by atoms with Crippen molar-refractivity contribution in [2.45, 2.75) is 6.42 Å². The van der Waals surface area contributed by atoms with E-state index in [0.717, 1.165) is 62.1 Å². The normalized spacial score (nSPS) is 14.2. The number of morpholine rings is 1. The minimum absolute atomic E-state index is 0.0436. The molecule has 34 heavy (non-hydrogen) atoms. The summed E-state index contributed by atoms with van der Waals surface area (Å²) < 4.78 is 34.6. The molecule has 0 bridgehead atoms. The van der Waals surface area contributed by atoms with Gasteiger partial charge in [-0.25, -0.2) is 18.3 Å². The van der Waals surface area contributed by atoms with Crippen LogP contribution in [0, 0.1) is 11.6 Å². The van der Waals surface area contributed by atoms with Gasteiger partial charge in [-0.1, -0.05) is 23.7 Å². The number of carbonyl (C=O) groups is 1. The number of nitrogen functional groups attached to an aromatic ring is 1. The topological polar surface area (TPSA) is 97.4 Å². The van der Waals surface area contributed by atoms with Crippen molar-refractivity contribution in [1.29, 1.82) is 0 Å². The van der Waals surface area contributed by atoms with E-state index in [1.54, 1.807) is 24.3 Å². The highest BCUT2D eigenvalue weighted by Crippen LogP contribution is 2.35. The average Bonchev–Trinajstić information content (AvgIpc) is 3.15. The lowest BCUT2D eigenvalue weighted by atomic mass is 10.1. The Labute approximate surface area is 200 Å². The first kappa shape index (κ1) is 23.9. The Morgan fingerprint density at radius 3 is 2.62 bits per heavy atom. The lowest BCUT2D eigenvalue weighted by Crippen LogP contribution is -2.38. The minimum Gasteiger partial charge on any atom is -0.382 e. The molecule has 2 aromatic carbocycles. The first-order chi connectivity index (χ1) is 16.4. The Hall–Kier alpha value is -3.21. The second-order valence-corrected chi connectivity index (χ2v) is 8.25. The highest BCUT2D eigenvalue weighted by atomic mass is 35.5. The van der Waals surface area contributed by atoms with Gasteiger partial charge in [0.1, 0.15) is 28.7 Å². The molecular weight excluding hydrogens is 466 g/mol. The van der Waals surface area contributed by atoms with Crippen LogP contribution in [0.3, 0.4) is 0 Å². The van der Waals surface area contributed by atoms with Crippen molar-refractivity contribution >= 4 is 29.1 Å². The predicted octanol–water partition coefficient (Wildman–Crippen LogP) is 3.90. The van der Waals surface area contributed by atoms with Gasteiger partial charge in [-0.05, 0) is 37.2 Å². The summed E-state index contributed by atoms with van der Waals surface area (Å²) in [5.74, 6) is -1.40. The molecule has 1 aliphatic rings. The van der Waals surface area contributed by atoms with Crippen LogP contribution in [0.5, 0.6) is 0 Å². The van der Waals surface area contributed by atoms with Crippen LogP contribution in [-0.2, 0) is 4.74 Å². The molecule has 0 radical (unpaired) electrons. The molecule has 4 rings (SSSR count). The van der Waals surface area contributed by atoms with Crippen molar-refractivity contribution in [1.82, 2.24) is 20.0 Å².